The molecule has 0 aromatic heterocycles. The number of halogens is 1. The van der Waals surface area contributed by atoms with Crippen molar-refractivity contribution < 1.29 is 17.5 Å². The number of nitrogens with zero attached hydrogens (tertiary/aromatic N) is 1. The molecule has 0 radical (unpaired) electrons. The molecule has 0 saturated carbocycles. The van der Waals surface area contributed by atoms with Crippen molar-refractivity contribution in [2.45, 2.75) is 128 Å². The van der Waals surface area contributed by atoms with Gasteiger partial charge in [0.05, 0.1) is 25.0 Å². The van der Waals surface area contributed by atoms with Gasteiger partial charge in [-0.25, -0.2) is 8.42 Å². The maximum absolute atomic E-state index is 10.4. The average Bonchev–Trinajstić information content (AvgIpc) is 2.82. The Morgan fingerprint density at radius 3 is 1.34 bits per heavy atom. The third kappa shape index (κ3) is 20.2. The maximum atomic E-state index is 10.4. The molecule has 1 aromatic rings. The van der Waals surface area contributed by atoms with E-state index >= 15 is 0 Å². The fourth-order valence-corrected chi connectivity index (χ4v) is 4.90. The molecular weight excluding hydrogens is 478 g/mol. The maximum Gasteiger partial charge on any atom is 0.154 e. The number of rotatable bonds is 20. The van der Waals surface area contributed by atoms with E-state index in [0.717, 1.165) is 16.1 Å². The zero-order valence-corrected chi connectivity index (χ0v) is 24.8. The standard InChI is InChI=1S/C22H47ClN.C7H8O3S/c1-4-6-8-10-12-14-16-18-20-24(3,22-23)21-19-17-15-13-11-9-7-5-2;1-6-2-4-7(5-3-6)11(8,9)10/h4-22H2,1-3H3;2-5H,1H3,(H,8,9,10)/q+1;/p-1. The summed E-state index contributed by atoms with van der Waals surface area (Å²) in [5.74, 6) is 0. The minimum Gasteiger partial charge on any atom is -0.744 e. The normalized spacial score (nSPS) is 11.8. The van der Waals surface area contributed by atoms with Gasteiger partial charge in [0.2, 0.25) is 0 Å². The number of benzene rings is 1. The largest absolute Gasteiger partial charge is 0.744 e. The van der Waals surface area contributed by atoms with Crippen molar-refractivity contribution in [1.29, 1.82) is 0 Å². The third-order valence-electron chi connectivity index (χ3n) is 6.70. The van der Waals surface area contributed by atoms with E-state index in [1.165, 1.54) is 128 Å². The summed E-state index contributed by atoms with van der Waals surface area (Å²) in [7, 11) is -1.91. The lowest BCUT2D eigenvalue weighted by Gasteiger charge is -2.32. The van der Waals surface area contributed by atoms with E-state index in [0.29, 0.717) is 0 Å². The number of aryl methyl sites for hydroxylation is 1. The summed E-state index contributed by atoms with van der Waals surface area (Å²) in [6.45, 7) is 8.94. The van der Waals surface area contributed by atoms with Crippen LogP contribution in [0, 0.1) is 6.92 Å². The molecule has 0 unspecified atom stereocenters. The fraction of sp³-hybridized carbons (Fsp3) is 0.793. The number of hydrogen-bond acceptors (Lipinski definition) is 3. The molecule has 206 valence electrons. The Labute approximate surface area is 223 Å². The van der Waals surface area contributed by atoms with Crippen LogP contribution in [0.25, 0.3) is 0 Å². The SMILES string of the molecule is CCCCCCCCCC[N+](C)(CCl)CCCCCCCCCC.Cc1ccc(S(=O)(=O)[O-])cc1. The van der Waals surface area contributed by atoms with Crippen LogP contribution in [0.5, 0.6) is 0 Å². The van der Waals surface area contributed by atoms with E-state index in [4.69, 9.17) is 11.6 Å². The summed E-state index contributed by atoms with van der Waals surface area (Å²) < 4.78 is 32.2. The minimum atomic E-state index is -4.27. The number of hydrogen-bond donors (Lipinski definition) is 0. The summed E-state index contributed by atoms with van der Waals surface area (Å²) in [4.78, 5) is -0.178. The van der Waals surface area contributed by atoms with Gasteiger partial charge in [-0.3, -0.25) is 0 Å². The van der Waals surface area contributed by atoms with Crippen LogP contribution in [0.4, 0.5) is 0 Å². The van der Waals surface area contributed by atoms with Crippen molar-refractivity contribution in [3.05, 3.63) is 29.8 Å². The molecule has 0 spiro atoms. The van der Waals surface area contributed by atoms with Gasteiger partial charge in [0.25, 0.3) is 0 Å². The van der Waals surface area contributed by atoms with Crippen molar-refractivity contribution in [3.8, 4) is 0 Å². The highest BCUT2D eigenvalue weighted by Gasteiger charge is 2.18. The molecule has 0 aliphatic rings. The Morgan fingerprint density at radius 2 is 1.03 bits per heavy atom. The second-order valence-corrected chi connectivity index (χ2v) is 12.0. The second-order valence-electron chi connectivity index (χ2n) is 10.4. The smallest absolute Gasteiger partial charge is 0.154 e. The molecule has 0 N–H and O–H groups in total. The van der Waals surface area contributed by atoms with E-state index in [1.807, 2.05) is 6.92 Å². The highest BCUT2D eigenvalue weighted by Crippen LogP contribution is 2.15. The van der Waals surface area contributed by atoms with Crippen LogP contribution in [-0.4, -0.2) is 43.6 Å². The van der Waals surface area contributed by atoms with Gasteiger partial charge in [0.1, 0.15) is 10.1 Å². The van der Waals surface area contributed by atoms with Gasteiger partial charge >= 0.3 is 0 Å². The number of alkyl halides is 1. The zero-order chi connectivity index (χ0) is 26.4. The molecule has 1 rings (SSSR count). The van der Waals surface area contributed by atoms with Crippen LogP contribution in [0.1, 0.15) is 122 Å². The fourth-order valence-electron chi connectivity index (χ4n) is 4.19. The monoisotopic (exact) mass is 531 g/mol. The van der Waals surface area contributed by atoms with Crippen LogP contribution in [-0.2, 0) is 10.1 Å². The van der Waals surface area contributed by atoms with Crippen LogP contribution >= 0.6 is 11.6 Å². The molecule has 0 amide bonds. The summed E-state index contributed by atoms with van der Waals surface area (Å²) in [5, 5.41) is 0. The molecule has 0 aliphatic heterocycles. The highest BCUT2D eigenvalue weighted by molar-refractivity contribution is 7.85. The molecule has 6 heteroatoms. The first kappa shape index (κ1) is 34.4. The minimum absolute atomic E-state index is 0.178. The number of unbranched alkanes of at least 4 members (excludes halogenated alkanes) is 14. The third-order valence-corrected chi connectivity index (χ3v) is 8.13. The lowest BCUT2D eigenvalue weighted by atomic mass is 10.1. The van der Waals surface area contributed by atoms with Gasteiger partial charge in [-0.1, -0.05) is 120 Å². The van der Waals surface area contributed by atoms with Crippen LogP contribution in [0.15, 0.2) is 29.2 Å². The van der Waals surface area contributed by atoms with Gasteiger partial charge < -0.3 is 9.04 Å². The number of quaternary nitrogens is 1. The Kier molecular flexibility index (Phi) is 21.1. The first-order valence-corrected chi connectivity index (χ1v) is 16.0. The lowest BCUT2D eigenvalue weighted by Crippen LogP contribution is -2.44. The summed E-state index contributed by atoms with van der Waals surface area (Å²) >= 11 is 6.28. The van der Waals surface area contributed by atoms with Gasteiger partial charge in [0, 0.05) is 0 Å². The van der Waals surface area contributed by atoms with Crippen molar-refractivity contribution in [2.75, 3.05) is 26.1 Å². The Morgan fingerprint density at radius 1 is 0.686 bits per heavy atom. The van der Waals surface area contributed by atoms with Crippen molar-refractivity contribution in [3.63, 3.8) is 0 Å². The molecule has 0 fully saturated rings. The van der Waals surface area contributed by atoms with Crippen LogP contribution in [0.2, 0.25) is 0 Å². The summed E-state index contributed by atoms with van der Waals surface area (Å²) in [6, 6.07) is 6.57. The molecule has 0 saturated heterocycles. The predicted octanol–water partition coefficient (Wildman–Crippen LogP) is 8.81. The van der Waals surface area contributed by atoms with E-state index < -0.39 is 10.1 Å². The Bertz CT molecular complexity index is 687. The lowest BCUT2D eigenvalue weighted by molar-refractivity contribution is -0.899. The zero-order valence-electron chi connectivity index (χ0n) is 23.2. The van der Waals surface area contributed by atoms with E-state index in [2.05, 4.69) is 20.9 Å². The van der Waals surface area contributed by atoms with Crippen LogP contribution < -0.4 is 0 Å². The second kappa shape index (κ2) is 21.5. The molecule has 4 nitrogen and oxygen atoms in total. The molecule has 0 heterocycles. The molecular formula is C29H54ClNO3S. The molecule has 0 bridgehead atoms. The van der Waals surface area contributed by atoms with E-state index in [1.54, 1.807) is 12.1 Å². The van der Waals surface area contributed by atoms with Crippen molar-refractivity contribution >= 4 is 21.7 Å². The highest BCUT2D eigenvalue weighted by atomic mass is 35.5. The Balaban J connectivity index is 0.000000867. The average molecular weight is 532 g/mol. The van der Waals surface area contributed by atoms with Gasteiger partial charge in [-0.2, -0.15) is 0 Å². The molecule has 0 atom stereocenters. The molecule has 0 aliphatic carbocycles. The van der Waals surface area contributed by atoms with Crippen molar-refractivity contribution in [1.82, 2.24) is 0 Å². The van der Waals surface area contributed by atoms with Crippen LogP contribution in [0.3, 0.4) is 0 Å². The quantitative estimate of drug-likeness (QED) is 0.0555. The first-order valence-electron chi connectivity index (χ1n) is 14.1. The van der Waals surface area contributed by atoms with Gasteiger partial charge in [-0.15, -0.1) is 0 Å². The summed E-state index contributed by atoms with van der Waals surface area (Å²) in [6.07, 6.45) is 22.5. The predicted molar refractivity (Wildman–Crippen MR) is 151 cm³/mol. The Hall–Kier alpha value is -0.620. The van der Waals surface area contributed by atoms with Gasteiger partial charge in [0.15, 0.2) is 6.00 Å². The van der Waals surface area contributed by atoms with Crippen molar-refractivity contribution in [2.24, 2.45) is 0 Å². The topological polar surface area (TPSA) is 57.2 Å². The summed E-state index contributed by atoms with van der Waals surface area (Å²) in [5.41, 5.74) is 0.928. The van der Waals surface area contributed by atoms with E-state index in [-0.39, 0.29) is 4.90 Å². The molecule has 1 aromatic carbocycles. The first-order chi connectivity index (χ1) is 16.7. The van der Waals surface area contributed by atoms with Gasteiger partial charge in [-0.05, 0) is 44.7 Å². The van der Waals surface area contributed by atoms with E-state index in [9.17, 15) is 13.0 Å². The molecule has 35 heavy (non-hydrogen) atoms.